The zero-order valence-electron chi connectivity index (χ0n) is 12.2. The molecule has 0 bridgehead atoms. The van der Waals surface area contributed by atoms with Crippen LogP contribution in [0.15, 0.2) is 24.3 Å². The number of benzene rings is 1. The summed E-state index contributed by atoms with van der Waals surface area (Å²) in [5.41, 5.74) is 5.80. The van der Waals surface area contributed by atoms with Crippen molar-refractivity contribution in [1.29, 1.82) is 0 Å². The molecule has 1 saturated carbocycles. The molecule has 0 radical (unpaired) electrons. The predicted octanol–water partition coefficient (Wildman–Crippen LogP) is 2.03. The Morgan fingerprint density at radius 3 is 2.43 bits per heavy atom. The van der Waals surface area contributed by atoms with E-state index in [1.54, 1.807) is 0 Å². The number of hydrogen-bond acceptors (Lipinski definition) is 3. The number of Topliss-reactive ketones (excluding diaryl/α,β-unsaturated/α-hetero) is 1. The normalized spacial score (nSPS) is 17.1. The monoisotopic (exact) mass is 292 g/mol. The van der Waals surface area contributed by atoms with Gasteiger partial charge in [-0.25, -0.2) is 4.39 Å². The number of nitrogens with one attached hydrogen (secondary N) is 1. The van der Waals surface area contributed by atoms with Crippen LogP contribution in [0.4, 0.5) is 4.39 Å². The van der Waals surface area contributed by atoms with Gasteiger partial charge in [0.05, 0.1) is 5.54 Å². The Labute approximate surface area is 123 Å². The molecule has 3 N–H and O–H groups in total. The van der Waals surface area contributed by atoms with Gasteiger partial charge in [0.1, 0.15) is 5.82 Å². The SMILES string of the molecule is CC(CN)(NC(=O)CCC(=O)c1ccc(F)cc1)C1CC1. The first kappa shape index (κ1) is 15.6. The summed E-state index contributed by atoms with van der Waals surface area (Å²) in [5.74, 6) is -0.261. The van der Waals surface area contributed by atoms with Crippen molar-refractivity contribution in [3.63, 3.8) is 0 Å². The predicted molar refractivity (Wildman–Crippen MR) is 78.3 cm³/mol. The highest BCUT2D eigenvalue weighted by Gasteiger charge is 2.41. The zero-order chi connectivity index (χ0) is 15.5. The van der Waals surface area contributed by atoms with Crippen molar-refractivity contribution in [1.82, 2.24) is 5.32 Å². The van der Waals surface area contributed by atoms with Crippen molar-refractivity contribution in [2.24, 2.45) is 11.7 Å². The summed E-state index contributed by atoms with van der Waals surface area (Å²) >= 11 is 0. The highest BCUT2D eigenvalue weighted by molar-refractivity contribution is 5.97. The number of amides is 1. The van der Waals surface area contributed by atoms with Gasteiger partial charge in [0.15, 0.2) is 5.78 Å². The first-order chi connectivity index (χ1) is 9.94. The number of carbonyl (C=O) groups is 2. The average Bonchev–Trinajstić information content (AvgIpc) is 3.30. The second-order valence-corrected chi connectivity index (χ2v) is 5.87. The molecule has 1 aromatic carbocycles. The van der Waals surface area contributed by atoms with E-state index in [1.807, 2.05) is 6.92 Å². The van der Waals surface area contributed by atoms with Crippen molar-refractivity contribution >= 4 is 11.7 Å². The summed E-state index contributed by atoms with van der Waals surface area (Å²) in [7, 11) is 0. The molecule has 0 heterocycles. The van der Waals surface area contributed by atoms with E-state index in [4.69, 9.17) is 5.73 Å². The van der Waals surface area contributed by atoms with E-state index < -0.39 is 0 Å². The average molecular weight is 292 g/mol. The molecule has 21 heavy (non-hydrogen) atoms. The molecule has 1 amide bonds. The Balaban J connectivity index is 1.83. The summed E-state index contributed by atoms with van der Waals surface area (Å²) in [6.45, 7) is 2.35. The third kappa shape index (κ3) is 4.11. The first-order valence-electron chi connectivity index (χ1n) is 7.24. The van der Waals surface area contributed by atoms with Crippen LogP contribution in [-0.2, 0) is 4.79 Å². The molecule has 1 atom stereocenters. The Morgan fingerprint density at radius 1 is 1.29 bits per heavy atom. The first-order valence-corrected chi connectivity index (χ1v) is 7.24. The second kappa shape index (κ2) is 6.35. The topological polar surface area (TPSA) is 72.2 Å². The highest BCUT2D eigenvalue weighted by atomic mass is 19.1. The minimum absolute atomic E-state index is 0.114. The lowest BCUT2D eigenvalue weighted by molar-refractivity contribution is -0.123. The molecule has 1 aliphatic rings. The number of halogens is 1. The third-order valence-electron chi connectivity index (χ3n) is 4.07. The van der Waals surface area contributed by atoms with E-state index in [-0.39, 0.29) is 35.9 Å². The van der Waals surface area contributed by atoms with Crippen LogP contribution in [0.5, 0.6) is 0 Å². The molecule has 4 nitrogen and oxygen atoms in total. The van der Waals surface area contributed by atoms with Crippen LogP contribution in [0.3, 0.4) is 0 Å². The molecule has 1 aliphatic carbocycles. The van der Waals surface area contributed by atoms with E-state index in [0.29, 0.717) is 18.0 Å². The Bertz CT molecular complexity index is 526. The standard InChI is InChI=1S/C16H21FN2O2/c1-16(10-18,12-4-5-12)19-15(21)9-8-14(20)11-2-6-13(17)7-3-11/h2-3,6-7,12H,4-5,8-10,18H2,1H3,(H,19,21). The lowest BCUT2D eigenvalue weighted by Crippen LogP contribution is -2.53. The lowest BCUT2D eigenvalue weighted by atomic mass is 9.95. The maximum absolute atomic E-state index is 12.8. The maximum Gasteiger partial charge on any atom is 0.220 e. The molecule has 0 spiro atoms. The fraction of sp³-hybridized carbons (Fsp3) is 0.500. The molecule has 114 valence electrons. The van der Waals surface area contributed by atoms with Crippen LogP contribution < -0.4 is 11.1 Å². The zero-order valence-corrected chi connectivity index (χ0v) is 12.2. The van der Waals surface area contributed by atoms with Crippen LogP contribution in [0.2, 0.25) is 0 Å². The van der Waals surface area contributed by atoms with Gasteiger partial charge in [0.2, 0.25) is 5.91 Å². The Morgan fingerprint density at radius 2 is 1.90 bits per heavy atom. The van der Waals surface area contributed by atoms with E-state index in [2.05, 4.69) is 5.32 Å². The van der Waals surface area contributed by atoms with Crippen LogP contribution in [0.1, 0.15) is 43.0 Å². The van der Waals surface area contributed by atoms with Gasteiger partial charge in [-0.1, -0.05) is 0 Å². The number of hydrogen-bond donors (Lipinski definition) is 2. The minimum atomic E-state index is -0.382. The van der Waals surface area contributed by atoms with E-state index >= 15 is 0 Å². The van der Waals surface area contributed by atoms with Crippen LogP contribution in [0, 0.1) is 11.7 Å². The molecule has 0 saturated heterocycles. The molecule has 5 heteroatoms. The van der Waals surface area contributed by atoms with Crippen molar-refractivity contribution in [2.45, 2.75) is 38.1 Å². The Kier molecular flexibility index (Phi) is 4.73. The van der Waals surface area contributed by atoms with Gasteiger partial charge >= 0.3 is 0 Å². The van der Waals surface area contributed by atoms with Crippen LogP contribution in [-0.4, -0.2) is 23.8 Å². The quantitative estimate of drug-likeness (QED) is 0.755. The van der Waals surface area contributed by atoms with E-state index in [9.17, 15) is 14.0 Å². The molecule has 1 unspecified atom stereocenters. The summed E-state index contributed by atoms with van der Waals surface area (Å²) in [5, 5.41) is 2.94. The smallest absolute Gasteiger partial charge is 0.220 e. The molecule has 0 aromatic heterocycles. The molecule has 0 aliphatic heterocycles. The lowest BCUT2D eigenvalue weighted by Gasteiger charge is -2.29. The van der Waals surface area contributed by atoms with Crippen molar-refractivity contribution < 1.29 is 14.0 Å². The van der Waals surface area contributed by atoms with Gasteiger partial charge < -0.3 is 11.1 Å². The van der Waals surface area contributed by atoms with Gasteiger partial charge in [0, 0.05) is 24.9 Å². The highest BCUT2D eigenvalue weighted by Crippen LogP contribution is 2.39. The number of rotatable bonds is 7. The van der Waals surface area contributed by atoms with Gasteiger partial charge in [-0.3, -0.25) is 9.59 Å². The van der Waals surface area contributed by atoms with Crippen molar-refractivity contribution in [3.8, 4) is 0 Å². The van der Waals surface area contributed by atoms with Gasteiger partial charge in [-0.05, 0) is 49.9 Å². The molecule has 2 rings (SSSR count). The fourth-order valence-electron chi connectivity index (χ4n) is 2.43. The molecular weight excluding hydrogens is 271 g/mol. The largest absolute Gasteiger partial charge is 0.349 e. The summed E-state index contributed by atoms with van der Waals surface area (Å²) in [4.78, 5) is 23.9. The van der Waals surface area contributed by atoms with E-state index in [1.165, 1.54) is 24.3 Å². The van der Waals surface area contributed by atoms with E-state index in [0.717, 1.165) is 12.8 Å². The molecule has 1 fully saturated rings. The summed E-state index contributed by atoms with van der Waals surface area (Å²) < 4.78 is 12.8. The van der Waals surface area contributed by atoms with Crippen LogP contribution in [0.25, 0.3) is 0 Å². The van der Waals surface area contributed by atoms with Gasteiger partial charge in [0.25, 0.3) is 0 Å². The van der Waals surface area contributed by atoms with Crippen molar-refractivity contribution in [3.05, 3.63) is 35.6 Å². The van der Waals surface area contributed by atoms with Crippen LogP contribution >= 0.6 is 0 Å². The number of ketones is 1. The van der Waals surface area contributed by atoms with Gasteiger partial charge in [-0.15, -0.1) is 0 Å². The third-order valence-corrected chi connectivity index (χ3v) is 4.07. The number of nitrogens with two attached hydrogens (primary N) is 1. The Hall–Kier alpha value is -1.75. The van der Waals surface area contributed by atoms with Gasteiger partial charge in [-0.2, -0.15) is 0 Å². The maximum atomic E-state index is 12.8. The molecular formula is C16H21FN2O2. The number of carbonyl (C=O) groups excluding carboxylic acids is 2. The fourth-order valence-corrected chi connectivity index (χ4v) is 2.43. The molecule has 1 aromatic rings. The second-order valence-electron chi connectivity index (χ2n) is 5.87. The summed E-state index contributed by atoms with van der Waals surface area (Å²) in [6.07, 6.45) is 2.41. The van der Waals surface area contributed by atoms with Crippen molar-refractivity contribution in [2.75, 3.05) is 6.54 Å². The minimum Gasteiger partial charge on any atom is -0.349 e. The summed E-state index contributed by atoms with van der Waals surface area (Å²) in [6, 6.07) is 5.35.